The minimum Gasteiger partial charge on any atom is -0.0988 e. The first kappa shape index (κ1) is 16.5. The normalized spacial score (nSPS) is 19.8. The molecule has 0 aromatic heterocycles. The molecule has 0 amide bonds. The largest absolute Gasteiger partial charge is 0.0988 e. The first-order chi connectivity index (χ1) is 11.7. The summed E-state index contributed by atoms with van der Waals surface area (Å²) in [5.74, 6) is 0.804. The molecular formula is C24H26. The molecule has 1 aliphatic carbocycles. The van der Waals surface area contributed by atoms with Crippen LogP contribution in [-0.4, -0.2) is 0 Å². The van der Waals surface area contributed by atoms with Gasteiger partial charge in [-0.1, -0.05) is 87.7 Å². The van der Waals surface area contributed by atoms with E-state index in [0.717, 1.165) is 12.8 Å². The van der Waals surface area contributed by atoms with Crippen molar-refractivity contribution in [2.24, 2.45) is 0 Å². The highest BCUT2D eigenvalue weighted by molar-refractivity contribution is 5.88. The zero-order chi connectivity index (χ0) is 17.1. The second-order valence-corrected chi connectivity index (χ2v) is 6.47. The molecule has 122 valence electrons. The topological polar surface area (TPSA) is 0 Å². The maximum absolute atomic E-state index is 4.45. The number of rotatable bonds is 5. The smallest absolute Gasteiger partial charge is 0.0102 e. The van der Waals surface area contributed by atoms with Crippen LogP contribution in [0, 0.1) is 0 Å². The molecule has 0 heterocycles. The van der Waals surface area contributed by atoms with Crippen LogP contribution in [0.15, 0.2) is 85.0 Å². The van der Waals surface area contributed by atoms with Crippen molar-refractivity contribution in [3.63, 3.8) is 0 Å². The molecule has 2 atom stereocenters. The molecule has 0 saturated heterocycles. The van der Waals surface area contributed by atoms with Crippen LogP contribution in [0.25, 0.3) is 5.57 Å². The van der Waals surface area contributed by atoms with Crippen LogP contribution in [0.2, 0.25) is 0 Å². The molecule has 0 N–H and O–H groups in total. The van der Waals surface area contributed by atoms with E-state index in [1.165, 1.54) is 33.4 Å². The van der Waals surface area contributed by atoms with E-state index in [4.69, 9.17) is 0 Å². The van der Waals surface area contributed by atoms with E-state index < -0.39 is 0 Å². The molecule has 0 saturated carbocycles. The quantitative estimate of drug-likeness (QED) is 0.564. The van der Waals surface area contributed by atoms with Crippen molar-refractivity contribution < 1.29 is 0 Å². The number of hydrogen-bond donors (Lipinski definition) is 0. The molecule has 24 heavy (non-hydrogen) atoms. The van der Waals surface area contributed by atoms with Crippen LogP contribution in [-0.2, 0) is 0 Å². The third-order valence-corrected chi connectivity index (χ3v) is 5.26. The molecule has 2 aromatic rings. The van der Waals surface area contributed by atoms with Gasteiger partial charge in [0.2, 0.25) is 0 Å². The van der Waals surface area contributed by atoms with Crippen molar-refractivity contribution in [1.82, 2.24) is 0 Å². The lowest BCUT2D eigenvalue weighted by Gasteiger charge is -2.23. The summed E-state index contributed by atoms with van der Waals surface area (Å²) in [6, 6.07) is 19.5. The average molecular weight is 314 g/mol. The third kappa shape index (κ3) is 2.67. The number of allylic oxidation sites excluding steroid dienone is 4. The van der Waals surface area contributed by atoms with Gasteiger partial charge in [0.05, 0.1) is 0 Å². The van der Waals surface area contributed by atoms with Gasteiger partial charge in [-0.15, -0.1) is 0 Å². The van der Waals surface area contributed by atoms with E-state index in [0.29, 0.717) is 11.8 Å². The highest BCUT2D eigenvalue weighted by Gasteiger charge is 2.32. The fraction of sp³-hybridized carbons (Fsp3) is 0.250. The van der Waals surface area contributed by atoms with Crippen molar-refractivity contribution in [3.8, 4) is 0 Å². The van der Waals surface area contributed by atoms with Gasteiger partial charge in [0, 0.05) is 11.8 Å². The van der Waals surface area contributed by atoms with Gasteiger partial charge < -0.3 is 0 Å². The summed E-state index contributed by atoms with van der Waals surface area (Å²) in [7, 11) is 0. The van der Waals surface area contributed by atoms with Crippen LogP contribution < -0.4 is 0 Å². The Labute approximate surface area is 146 Å². The molecule has 0 fully saturated rings. The summed E-state index contributed by atoms with van der Waals surface area (Å²) < 4.78 is 0. The minimum absolute atomic E-state index is 0.374. The summed E-state index contributed by atoms with van der Waals surface area (Å²) >= 11 is 0. The van der Waals surface area contributed by atoms with Crippen molar-refractivity contribution in [2.75, 3.05) is 0 Å². The van der Waals surface area contributed by atoms with Gasteiger partial charge >= 0.3 is 0 Å². The average Bonchev–Trinajstić information content (AvgIpc) is 2.92. The number of benzene rings is 2. The zero-order valence-electron chi connectivity index (χ0n) is 14.8. The Balaban J connectivity index is 2.18. The van der Waals surface area contributed by atoms with E-state index in [-0.39, 0.29) is 0 Å². The van der Waals surface area contributed by atoms with Gasteiger partial charge in [0.1, 0.15) is 0 Å². The molecule has 1 aliphatic rings. The van der Waals surface area contributed by atoms with Crippen LogP contribution in [0.4, 0.5) is 0 Å². The summed E-state index contributed by atoms with van der Waals surface area (Å²) in [5.41, 5.74) is 8.01. The Morgan fingerprint density at radius 2 is 1.71 bits per heavy atom. The first-order valence-electron chi connectivity index (χ1n) is 8.92. The standard InChI is InChI=1S/C24H26/c1-5-19(18-13-9-8-10-14-18)20(6-2)24-17(4)22-15-11-12-16-23(22)21(24)7-3/h6,8-16,19,21H,2,4-5,7H2,1,3H3/b24-20-. The van der Waals surface area contributed by atoms with E-state index in [9.17, 15) is 0 Å². The van der Waals surface area contributed by atoms with Crippen LogP contribution >= 0.6 is 0 Å². The number of hydrogen-bond acceptors (Lipinski definition) is 0. The predicted molar refractivity (Wildman–Crippen MR) is 105 cm³/mol. The molecule has 0 heteroatoms. The molecule has 0 radical (unpaired) electrons. The van der Waals surface area contributed by atoms with Crippen molar-refractivity contribution in [2.45, 2.75) is 38.5 Å². The Morgan fingerprint density at radius 1 is 1.04 bits per heavy atom. The molecule has 0 bridgehead atoms. The van der Waals surface area contributed by atoms with E-state index in [2.05, 4.69) is 87.7 Å². The second-order valence-electron chi connectivity index (χ2n) is 6.47. The predicted octanol–water partition coefficient (Wildman–Crippen LogP) is 6.88. The molecule has 0 nitrogen and oxygen atoms in total. The maximum atomic E-state index is 4.45. The Bertz CT molecular complexity index is 777. The van der Waals surface area contributed by atoms with Gasteiger partial charge in [-0.3, -0.25) is 0 Å². The fourth-order valence-corrected chi connectivity index (χ4v) is 4.15. The minimum atomic E-state index is 0.374. The monoisotopic (exact) mass is 314 g/mol. The van der Waals surface area contributed by atoms with Crippen LogP contribution in [0.3, 0.4) is 0 Å². The second kappa shape index (κ2) is 7.05. The highest BCUT2D eigenvalue weighted by atomic mass is 14.4. The molecule has 0 spiro atoms. The lowest BCUT2D eigenvalue weighted by atomic mass is 9.81. The number of fused-ring (bicyclic) bond motifs is 1. The van der Waals surface area contributed by atoms with E-state index in [1.54, 1.807) is 0 Å². The maximum Gasteiger partial charge on any atom is 0.0102 e. The summed E-state index contributed by atoms with van der Waals surface area (Å²) in [6.07, 6.45) is 4.22. The van der Waals surface area contributed by atoms with Gasteiger partial charge in [-0.2, -0.15) is 0 Å². The Kier molecular flexibility index (Phi) is 4.85. The third-order valence-electron chi connectivity index (χ3n) is 5.26. The van der Waals surface area contributed by atoms with E-state index >= 15 is 0 Å². The van der Waals surface area contributed by atoms with Crippen LogP contribution in [0.5, 0.6) is 0 Å². The van der Waals surface area contributed by atoms with E-state index in [1.807, 2.05) is 0 Å². The van der Waals surface area contributed by atoms with Gasteiger partial charge in [0.25, 0.3) is 0 Å². The van der Waals surface area contributed by atoms with Gasteiger partial charge in [0.15, 0.2) is 0 Å². The molecule has 2 unspecified atom stereocenters. The summed E-state index contributed by atoms with van der Waals surface area (Å²) in [6.45, 7) is 13.1. The van der Waals surface area contributed by atoms with Crippen LogP contribution in [0.1, 0.15) is 55.2 Å². The SMILES string of the molecule is C=C/C(=C1\C(=C)c2ccccc2C1CC)C(CC)c1ccccc1. The van der Waals surface area contributed by atoms with Crippen molar-refractivity contribution >= 4 is 5.57 Å². The Morgan fingerprint density at radius 3 is 2.33 bits per heavy atom. The molecule has 0 aliphatic heterocycles. The lowest BCUT2D eigenvalue weighted by Crippen LogP contribution is -2.06. The van der Waals surface area contributed by atoms with Gasteiger partial charge in [-0.05, 0) is 46.3 Å². The lowest BCUT2D eigenvalue weighted by molar-refractivity contribution is 0.736. The van der Waals surface area contributed by atoms with Gasteiger partial charge in [-0.25, -0.2) is 0 Å². The fourth-order valence-electron chi connectivity index (χ4n) is 4.15. The molecule has 3 rings (SSSR count). The molecule has 2 aromatic carbocycles. The molecular weight excluding hydrogens is 288 g/mol. The highest BCUT2D eigenvalue weighted by Crippen LogP contribution is 2.50. The summed E-state index contributed by atoms with van der Waals surface area (Å²) in [5, 5.41) is 0. The summed E-state index contributed by atoms with van der Waals surface area (Å²) in [4.78, 5) is 0. The zero-order valence-corrected chi connectivity index (χ0v) is 14.8. The first-order valence-corrected chi connectivity index (χ1v) is 8.92. The van der Waals surface area contributed by atoms with Crippen molar-refractivity contribution in [1.29, 1.82) is 0 Å². The Hall–Kier alpha value is -2.34. The van der Waals surface area contributed by atoms with Crippen molar-refractivity contribution in [3.05, 3.63) is 102 Å².